The molecule has 2 aliphatic heterocycles. The number of aliphatic hydroxyl groups excluding tert-OH is 1. The summed E-state index contributed by atoms with van der Waals surface area (Å²) in [5, 5.41) is 21.1. The molecule has 1 atom stereocenters. The SMILES string of the molecule is Cc1cc(C)cc(B2N=c3/c(=C4\C(=O)C(c5ccc6cccc7c6c5N(C)C(c5ccccc5)N7C)=C4O)ccc4cccc(c34)N2)c1. The van der Waals surface area contributed by atoms with E-state index in [9.17, 15) is 9.90 Å². The van der Waals surface area contributed by atoms with Crippen molar-refractivity contribution in [2.24, 2.45) is 4.90 Å². The molecule has 0 amide bonds. The van der Waals surface area contributed by atoms with E-state index in [2.05, 4.69) is 122 Å². The number of nitrogens with zero attached hydrogens (tertiary/aromatic N) is 3. The zero-order valence-corrected chi connectivity index (χ0v) is 27.2. The van der Waals surface area contributed by atoms with Crippen molar-refractivity contribution in [3.63, 3.8) is 0 Å². The molecule has 0 saturated heterocycles. The Morgan fingerprint density at radius 1 is 0.750 bits per heavy atom. The maximum atomic E-state index is 14.4. The van der Waals surface area contributed by atoms with Crippen LogP contribution < -0.4 is 31.1 Å². The average Bonchev–Trinajstić information content (AvgIpc) is 3.08. The number of aryl methyl sites for hydroxylation is 2. The number of carbonyl (C=O) groups is 1. The first kappa shape index (κ1) is 28.4. The highest BCUT2D eigenvalue weighted by Crippen LogP contribution is 2.50. The second kappa shape index (κ2) is 10.3. The van der Waals surface area contributed by atoms with Crippen molar-refractivity contribution >= 4 is 68.0 Å². The van der Waals surface area contributed by atoms with Crippen molar-refractivity contribution in [2.75, 3.05) is 29.1 Å². The molecule has 7 heteroatoms. The predicted octanol–water partition coefficient (Wildman–Crippen LogP) is 6.34. The Bertz CT molecular complexity index is 2520. The lowest BCUT2D eigenvalue weighted by atomic mass is 9.66. The lowest BCUT2D eigenvalue weighted by molar-refractivity contribution is -0.109. The minimum absolute atomic E-state index is 0.0152. The lowest BCUT2D eigenvalue weighted by Gasteiger charge is -2.45. The van der Waals surface area contributed by atoms with Crippen LogP contribution in [0.25, 0.3) is 32.7 Å². The average molecular weight is 625 g/mol. The molecule has 0 aromatic heterocycles. The lowest BCUT2D eigenvalue weighted by Crippen LogP contribution is -2.46. The van der Waals surface area contributed by atoms with Crippen molar-refractivity contribution in [2.45, 2.75) is 20.0 Å². The van der Waals surface area contributed by atoms with Gasteiger partial charge in [-0.3, -0.25) is 4.79 Å². The second-order valence-corrected chi connectivity index (χ2v) is 13.2. The van der Waals surface area contributed by atoms with E-state index >= 15 is 0 Å². The van der Waals surface area contributed by atoms with Gasteiger partial charge in [0.05, 0.1) is 22.2 Å². The van der Waals surface area contributed by atoms with Gasteiger partial charge in [-0.1, -0.05) is 108 Å². The molecular weight excluding hydrogens is 591 g/mol. The summed E-state index contributed by atoms with van der Waals surface area (Å²) in [7, 11) is 4.18. The van der Waals surface area contributed by atoms with Gasteiger partial charge < -0.3 is 25.0 Å². The highest BCUT2D eigenvalue weighted by molar-refractivity contribution is 6.75. The molecule has 0 fully saturated rings. The van der Waals surface area contributed by atoms with Crippen molar-refractivity contribution in [3.8, 4) is 0 Å². The van der Waals surface area contributed by atoms with E-state index in [1.807, 2.05) is 30.3 Å². The first-order chi connectivity index (χ1) is 23.3. The topological polar surface area (TPSA) is 68.2 Å². The van der Waals surface area contributed by atoms with Crippen molar-refractivity contribution in [1.29, 1.82) is 0 Å². The fourth-order valence-electron chi connectivity index (χ4n) is 8.14. The van der Waals surface area contributed by atoms with Crippen LogP contribution in [0.15, 0.2) is 120 Å². The van der Waals surface area contributed by atoms with Gasteiger partial charge in [0.15, 0.2) is 0 Å². The smallest absolute Gasteiger partial charge is 0.427 e. The highest BCUT2D eigenvalue weighted by atomic mass is 16.3. The predicted molar refractivity (Wildman–Crippen MR) is 198 cm³/mol. The van der Waals surface area contributed by atoms with Crippen molar-refractivity contribution in [3.05, 3.63) is 148 Å². The Balaban J connectivity index is 1.28. The number of aliphatic hydroxyl groups is 1. The maximum absolute atomic E-state index is 14.4. The molecule has 6 nitrogen and oxygen atoms in total. The van der Waals surface area contributed by atoms with Gasteiger partial charge >= 0.3 is 6.98 Å². The largest absolute Gasteiger partial charge is 0.506 e. The number of allylic oxidation sites excluding steroid dienone is 2. The van der Waals surface area contributed by atoms with Crippen LogP contribution in [0.5, 0.6) is 0 Å². The fraction of sp³-hybridized carbons (Fsp3) is 0.122. The Morgan fingerprint density at radius 3 is 2.21 bits per heavy atom. The van der Waals surface area contributed by atoms with Crippen LogP contribution in [-0.2, 0) is 4.79 Å². The van der Waals surface area contributed by atoms with E-state index in [1.165, 1.54) is 11.1 Å². The molecule has 0 radical (unpaired) electrons. The number of anilines is 3. The normalized spacial score (nSPS) is 17.9. The molecule has 0 spiro atoms. The second-order valence-electron chi connectivity index (χ2n) is 13.2. The third-order valence-corrected chi connectivity index (χ3v) is 10.2. The van der Waals surface area contributed by atoms with Crippen LogP contribution in [0.2, 0.25) is 0 Å². The van der Waals surface area contributed by atoms with Crippen molar-refractivity contribution < 1.29 is 9.90 Å². The highest BCUT2D eigenvalue weighted by Gasteiger charge is 2.40. The minimum atomic E-state index is -0.326. The van der Waals surface area contributed by atoms with Gasteiger partial charge in [0.2, 0.25) is 5.78 Å². The van der Waals surface area contributed by atoms with Crippen LogP contribution in [-0.4, -0.2) is 32.0 Å². The Morgan fingerprint density at radius 2 is 1.46 bits per heavy atom. The number of hydrogen-bond donors (Lipinski definition) is 2. The summed E-state index contributed by atoms with van der Waals surface area (Å²) >= 11 is 0. The van der Waals surface area contributed by atoms with Gasteiger partial charge in [-0.25, -0.2) is 0 Å². The first-order valence-corrected chi connectivity index (χ1v) is 16.3. The van der Waals surface area contributed by atoms with E-state index in [4.69, 9.17) is 4.90 Å². The van der Waals surface area contributed by atoms with E-state index in [-0.39, 0.29) is 24.7 Å². The summed E-state index contributed by atoms with van der Waals surface area (Å²) in [5.74, 6) is -0.157. The molecule has 9 rings (SSSR count). The molecule has 1 aliphatic carbocycles. The van der Waals surface area contributed by atoms with Gasteiger partial charge in [-0.15, -0.1) is 0 Å². The maximum Gasteiger partial charge on any atom is 0.427 e. The third kappa shape index (κ3) is 4.00. The Hall–Kier alpha value is -5.82. The van der Waals surface area contributed by atoms with Crippen molar-refractivity contribution in [1.82, 2.24) is 0 Å². The standard InChI is InChI=1S/C41H33BN4O2/c1-23-20-24(2)22-28(21-23)42-43-31-14-8-12-25-16-18-29(37(44-42)33(25)31)35-39(47)36(40(35)48)30-19-17-26-13-9-15-32-34(26)38(30)46(4)41(45(32)3)27-10-6-5-7-11-27/h5-22,41,43,47H,1-4H3/b35-29-. The van der Waals surface area contributed by atoms with Crippen LogP contribution >= 0.6 is 0 Å². The summed E-state index contributed by atoms with van der Waals surface area (Å²) in [6.07, 6.45) is -0.0938. The van der Waals surface area contributed by atoms with Crippen LogP contribution in [0, 0.1) is 13.8 Å². The monoisotopic (exact) mass is 624 g/mol. The molecule has 0 bridgehead atoms. The molecule has 3 aliphatic rings. The van der Waals surface area contributed by atoms with Crippen LogP contribution in [0.4, 0.5) is 17.1 Å². The quantitative estimate of drug-likeness (QED) is 0.225. The number of Topliss-reactive ketones (excluding diaryl/α,β-unsaturated/α-hetero) is 1. The molecule has 6 aromatic carbocycles. The molecule has 2 heterocycles. The summed E-state index contributed by atoms with van der Waals surface area (Å²) in [4.78, 5) is 24.1. The number of rotatable bonds is 3. The molecule has 6 aromatic rings. The molecule has 48 heavy (non-hydrogen) atoms. The summed E-state index contributed by atoms with van der Waals surface area (Å²) in [6.45, 7) is 3.86. The number of benzene rings is 6. The van der Waals surface area contributed by atoms with E-state index < -0.39 is 0 Å². The van der Waals surface area contributed by atoms with Gasteiger partial charge in [-0.2, -0.15) is 0 Å². The van der Waals surface area contributed by atoms with Gasteiger partial charge in [0.25, 0.3) is 0 Å². The van der Waals surface area contributed by atoms with Gasteiger partial charge in [0, 0.05) is 47.0 Å². The minimum Gasteiger partial charge on any atom is -0.506 e. The molecule has 232 valence electrons. The van der Waals surface area contributed by atoms with Crippen LogP contribution in [0.1, 0.15) is 28.4 Å². The third-order valence-electron chi connectivity index (χ3n) is 10.2. The molecular formula is C41H33BN4O2. The van der Waals surface area contributed by atoms with Gasteiger partial charge in [0.1, 0.15) is 11.9 Å². The number of ketones is 1. The first-order valence-electron chi connectivity index (χ1n) is 16.3. The Kier molecular flexibility index (Phi) is 6.12. The summed E-state index contributed by atoms with van der Waals surface area (Å²) in [5.41, 5.74) is 8.92. The van der Waals surface area contributed by atoms with E-state index in [1.54, 1.807) is 0 Å². The van der Waals surface area contributed by atoms with E-state index in [0.717, 1.165) is 60.6 Å². The Labute approximate surface area is 279 Å². The summed E-state index contributed by atoms with van der Waals surface area (Å²) in [6, 6.07) is 37.3. The number of nitrogens with one attached hydrogen (secondary N) is 1. The summed E-state index contributed by atoms with van der Waals surface area (Å²) < 4.78 is 0. The molecule has 0 saturated carbocycles. The zero-order valence-electron chi connectivity index (χ0n) is 27.2. The molecule has 1 unspecified atom stereocenters. The fourth-order valence-corrected chi connectivity index (χ4v) is 8.14. The zero-order chi connectivity index (χ0) is 32.8. The van der Waals surface area contributed by atoms with E-state index in [0.29, 0.717) is 16.4 Å². The molecule has 2 N–H and O–H groups in total. The van der Waals surface area contributed by atoms with Crippen LogP contribution in [0.3, 0.4) is 0 Å². The number of hydrogen-bond acceptors (Lipinski definition) is 6. The van der Waals surface area contributed by atoms with Gasteiger partial charge in [-0.05, 0) is 47.8 Å². The number of carbonyl (C=O) groups excluding carboxylic acids is 1.